The van der Waals surface area contributed by atoms with Crippen LogP contribution in [0.3, 0.4) is 0 Å². The van der Waals surface area contributed by atoms with E-state index in [1.165, 1.54) is 14.0 Å². The molecule has 2 atom stereocenters. The third-order valence-corrected chi connectivity index (χ3v) is 3.26. The molecule has 0 spiro atoms. The van der Waals surface area contributed by atoms with Crippen LogP contribution in [0.2, 0.25) is 0 Å². The fourth-order valence-electron chi connectivity index (χ4n) is 1.82. The third kappa shape index (κ3) is 3.80. The van der Waals surface area contributed by atoms with Crippen molar-refractivity contribution in [3.63, 3.8) is 0 Å². The molecular weight excluding hydrogens is 302 g/mol. The van der Waals surface area contributed by atoms with Gasteiger partial charge in [0.05, 0.1) is 5.69 Å². The minimum atomic E-state index is -3.57. The van der Waals surface area contributed by atoms with E-state index in [1.54, 1.807) is 0 Å². The van der Waals surface area contributed by atoms with E-state index in [9.17, 15) is 28.6 Å². The minimum absolute atomic E-state index is 0.117. The molecule has 4 N–H and O–H groups in total. The van der Waals surface area contributed by atoms with Crippen LogP contribution in [0, 0.1) is 0 Å². The summed E-state index contributed by atoms with van der Waals surface area (Å²) in [6, 6.07) is 0.0610. The van der Waals surface area contributed by atoms with E-state index >= 15 is 0 Å². The number of aliphatic hydroxyl groups is 1. The zero-order chi connectivity index (χ0) is 17.2. The standard InChI is InChI=1S/C13H18F2N2O5/c1-6(12(21)22)16-5-7-4-8(18)10(19)9(17(7)3)11(20)13(2,14)15/h4,6,11,16,19-20H,5H2,1-3H3,(H,21,22)/t6-,11?/m0/s1. The quantitative estimate of drug-likeness (QED) is 0.601. The molecule has 9 heteroatoms. The van der Waals surface area contributed by atoms with Crippen LogP contribution in [-0.2, 0) is 18.4 Å². The van der Waals surface area contributed by atoms with E-state index in [0.29, 0.717) is 6.92 Å². The fraction of sp³-hybridized carbons (Fsp3) is 0.538. The second-order valence-electron chi connectivity index (χ2n) is 5.09. The molecule has 0 fully saturated rings. The van der Waals surface area contributed by atoms with Crippen LogP contribution in [0.5, 0.6) is 5.75 Å². The number of pyridine rings is 1. The molecule has 1 rings (SSSR count). The minimum Gasteiger partial charge on any atom is -0.503 e. The predicted molar refractivity (Wildman–Crippen MR) is 72.9 cm³/mol. The first-order valence-electron chi connectivity index (χ1n) is 6.40. The van der Waals surface area contributed by atoms with Gasteiger partial charge in [-0.2, -0.15) is 0 Å². The van der Waals surface area contributed by atoms with Crippen LogP contribution < -0.4 is 10.7 Å². The van der Waals surface area contributed by atoms with Gasteiger partial charge in [-0.15, -0.1) is 0 Å². The molecule has 0 aromatic carbocycles. The highest BCUT2D eigenvalue weighted by Crippen LogP contribution is 2.33. The molecule has 0 aliphatic rings. The summed E-state index contributed by atoms with van der Waals surface area (Å²) in [4.78, 5) is 22.4. The highest BCUT2D eigenvalue weighted by atomic mass is 19.3. The Morgan fingerprint density at radius 3 is 2.50 bits per heavy atom. The monoisotopic (exact) mass is 320 g/mol. The number of carboxylic acids is 1. The van der Waals surface area contributed by atoms with Gasteiger partial charge in [0.25, 0.3) is 5.92 Å². The summed E-state index contributed by atoms with van der Waals surface area (Å²) in [6.45, 7) is 1.71. The normalized spacial score (nSPS) is 14.6. The van der Waals surface area contributed by atoms with Crippen LogP contribution >= 0.6 is 0 Å². The lowest BCUT2D eigenvalue weighted by atomic mass is 10.1. The molecule has 1 aromatic heterocycles. The largest absolute Gasteiger partial charge is 0.503 e. The van der Waals surface area contributed by atoms with Gasteiger partial charge in [-0.1, -0.05) is 0 Å². The van der Waals surface area contributed by atoms with Gasteiger partial charge in [-0.25, -0.2) is 8.78 Å². The first kappa shape index (κ1) is 18.1. The average Bonchev–Trinajstić information content (AvgIpc) is 2.39. The van der Waals surface area contributed by atoms with Gasteiger partial charge in [-0.05, 0) is 6.92 Å². The molecular formula is C13H18F2N2O5. The van der Waals surface area contributed by atoms with Gasteiger partial charge in [0.1, 0.15) is 6.04 Å². The first-order valence-corrected chi connectivity index (χ1v) is 6.40. The summed E-state index contributed by atoms with van der Waals surface area (Å²) in [6.07, 6.45) is -2.37. The van der Waals surface area contributed by atoms with E-state index in [2.05, 4.69) is 5.32 Å². The Balaban J connectivity index is 3.25. The number of aliphatic carboxylic acids is 1. The summed E-state index contributed by atoms with van der Waals surface area (Å²) >= 11 is 0. The fourth-order valence-corrected chi connectivity index (χ4v) is 1.82. The maximum absolute atomic E-state index is 13.3. The van der Waals surface area contributed by atoms with Gasteiger partial charge >= 0.3 is 5.97 Å². The maximum Gasteiger partial charge on any atom is 0.320 e. The molecule has 1 heterocycles. The SMILES string of the molecule is C[C@H](NCc1cc(=O)c(O)c(C(O)C(C)(F)F)n1C)C(=O)O. The summed E-state index contributed by atoms with van der Waals surface area (Å²) < 4.78 is 27.6. The van der Waals surface area contributed by atoms with E-state index in [1.807, 2.05) is 0 Å². The van der Waals surface area contributed by atoms with Crippen molar-refractivity contribution in [2.75, 3.05) is 0 Å². The summed E-state index contributed by atoms with van der Waals surface area (Å²) in [5, 5.41) is 30.7. The summed E-state index contributed by atoms with van der Waals surface area (Å²) in [5.74, 6) is -5.65. The number of aromatic nitrogens is 1. The molecule has 0 saturated carbocycles. The average molecular weight is 320 g/mol. The van der Waals surface area contributed by atoms with E-state index < -0.39 is 40.9 Å². The Kier molecular flexibility index (Phi) is 5.26. The van der Waals surface area contributed by atoms with Crippen LogP contribution in [0.25, 0.3) is 0 Å². The smallest absolute Gasteiger partial charge is 0.320 e. The second-order valence-corrected chi connectivity index (χ2v) is 5.09. The zero-order valence-corrected chi connectivity index (χ0v) is 12.3. The molecule has 1 aromatic rings. The van der Waals surface area contributed by atoms with Gasteiger partial charge in [0, 0.05) is 32.3 Å². The lowest BCUT2D eigenvalue weighted by Gasteiger charge is -2.24. The van der Waals surface area contributed by atoms with Gasteiger partial charge in [0.2, 0.25) is 5.43 Å². The van der Waals surface area contributed by atoms with Crippen LogP contribution in [-0.4, -0.2) is 37.8 Å². The number of nitrogens with one attached hydrogen (secondary N) is 1. The second kappa shape index (κ2) is 6.41. The van der Waals surface area contributed by atoms with Crippen molar-refractivity contribution in [1.82, 2.24) is 9.88 Å². The lowest BCUT2D eigenvalue weighted by Crippen LogP contribution is -2.35. The maximum atomic E-state index is 13.3. The van der Waals surface area contributed by atoms with Crippen molar-refractivity contribution < 1.29 is 28.9 Å². The number of rotatable bonds is 6. The van der Waals surface area contributed by atoms with Gasteiger partial charge in [-0.3, -0.25) is 14.9 Å². The van der Waals surface area contributed by atoms with Crippen LogP contribution in [0.15, 0.2) is 10.9 Å². The first-order chi connectivity index (χ1) is 9.96. The van der Waals surface area contributed by atoms with Crippen LogP contribution in [0.4, 0.5) is 8.78 Å². The van der Waals surface area contributed by atoms with Crippen molar-refractivity contribution in [2.24, 2.45) is 7.05 Å². The highest BCUT2D eigenvalue weighted by Gasteiger charge is 2.38. The molecule has 7 nitrogen and oxygen atoms in total. The molecule has 0 aliphatic carbocycles. The van der Waals surface area contributed by atoms with Gasteiger partial charge < -0.3 is 19.9 Å². The molecule has 124 valence electrons. The Labute approximate surface area is 124 Å². The molecule has 1 unspecified atom stereocenters. The number of alkyl halides is 2. The van der Waals surface area contributed by atoms with Crippen molar-refractivity contribution in [3.05, 3.63) is 27.7 Å². The summed E-state index contributed by atoms with van der Waals surface area (Å²) in [5.41, 5.74) is -1.41. The number of aromatic hydroxyl groups is 1. The van der Waals surface area contributed by atoms with Crippen LogP contribution in [0.1, 0.15) is 31.3 Å². The van der Waals surface area contributed by atoms with Crippen molar-refractivity contribution in [2.45, 2.75) is 38.5 Å². The number of halogens is 2. The van der Waals surface area contributed by atoms with E-state index in [4.69, 9.17) is 5.11 Å². The van der Waals surface area contributed by atoms with Crippen molar-refractivity contribution >= 4 is 5.97 Å². The predicted octanol–water partition coefficient (Wildman–Crippen LogP) is 0.342. The molecule has 0 bridgehead atoms. The topological polar surface area (TPSA) is 112 Å². The molecule has 0 aliphatic heterocycles. The Hall–Kier alpha value is -2.00. The van der Waals surface area contributed by atoms with E-state index in [-0.39, 0.29) is 12.2 Å². The van der Waals surface area contributed by atoms with Crippen molar-refractivity contribution in [3.8, 4) is 5.75 Å². The Bertz CT molecular complexity index is 624. The number of hydrogen-bond donors (Lipinski definition) is 4. The zero-order valence-electron chi connectivity index (χ0n) is 12.3. The van der Waals surface area contributed by atoms with E-state index in [0.717, 1.165) is 10.6 Å². The number of carboxylic acid groups (broad SMARTS) is 1. The highest BCUT2D eigenvalue weighted by molar-refractivity contribution is 5.72. The van der Waals surface area contributed by atoms with Gasteiger partial charge in [0.15, 0.2) is 11.9 Å². The third-order valence-electron chi connectivity index (χ3n) is 3.26. The molecule has 22 heavy (non-hydrogen) atoms. The summed E-state index contributed by atoms with van der Waals surface area (Å²) in [7, 11) is 1.28. The number of carbonyl (C=O) groups is 1. The molecule has 0 amide bonds. The molecule has 0 saturated heterocycles. The number of hydrogen-bond acceptors (Lipinski definition) is 5. The van der Waals surface area contributed by atoms with Crippen molar-refractivity contribution in [1.29, 1.82) is 0 Å². The molecule has 0 radical (unpaired) electrons. The number of nitrogens with zero attached hydrogens (tertiary/aromatic N) is 1. The Morgan fingerprint density at radius 2 is 2.05 bits per heavy atom. The Morgan fingerprint density at radius 1 is 1.50 bits per heavy atom. The lowest BCUT2D eigenvalue weighted by molar-refractivity contribution is -0.139. The number of aliphatic hydroxyl groups excluding tert-OH is 1.